The van der Waals surface area contributed by atoms with Crippen LogP contribution in [0.2, 0.25) is 5.02 Å². The zero-order chi connectivity index (χ0) is 24.3. The summed E-state index contributed by atoms with van der Waals surface area (Å²) in [5, 5.41) is 18.7. The summed E-state index contributed by atoms with van der Waals surface area (Å²) < 4.78 is 5.66. The first-order chi connectivity index (χ1) is 16.3. The minimum Gasteiger partial charge on any atom is -0.481 e. The number of aryl methyl sites for hydroxylation is 1. The molecule has 0 radical (unpaired) electrons. The lowest BCUT2D eigenvalue weighted by Crippen LogP contribution is -2.41. The molecule has 0 aliphatic carbocycles. The van der Waals surface area contributed by atoms with E-state index in [9.17, 15) is 0 Å². The number of aliphatic carboxylic acids is 1. The van der Waals surface area contributed by atoms with Crippen molar-refractivity contribution in [3.8, 4) is 11.3 Å². The number of rotatable bonds is 4. The first-order valence-corrected chi connectivity index (χ1v) is 11.8. The summed E-state index contributed by atoms with van der Waals surface area (Å²) in [6.07, 6.45) is 5.18. The third-order valence-electron chi connectivity index (χ3n) is 6.35. The lowest BCUT2D eigenvalue weighted by Gasteiger charge is -2.39. The van der Waals surface area contributed by atoms with Gasteiger partial charge in [-0.05, 0) is 44.6 Å². The minimum absolute atomic E-state index is 0.365. The summed E-state index contributed by atoms with van der Waals surface area (Å²) in [5.41, 5.74) is 4.18. The van der Waals surface area contributed by atoms with Crippen molar-refractivity contribution in [3.63, 3.8) is 0 Å². The number of anilines is 2. The molecule has 3 aromatic rings. The molecule has 2 saturated heterocycles. The molecule has 0 unspecified atom stereocenters. The molecule has 10 nitrogen and oxygen atoms in total. The average Bonchev–Trinajstić information content (AvgIpc) is 3.42. The lowest BCUT2D eigenvalue weighted by molar-refractivity contribution is -0.134. The fourth-order valence-electron chi connectivity index (χ4n) is 4.56. The van der Waals surface area contributed by atoms with Gasteiger partial charge in [0.25, 0.3) is 5.97 Å². The molecule has 2 fully saturated rings. The number of nitrogens with one attached hydrogen (secondary N) is 2. The number of H-pyrrole nitrogens is 1. The van der Waals surface area contributed by atoms with Crippen LogP contribution < -0.4 is 10.2 Å². The van der Waals surface area contributed by atoms with Gasteiger partial charge in [0.2, 0.25) is 5.65 Å². The van der Waals surface area contributed by atoms with Crippen LogP contribution in [0.5, 0.6) is 0 Å². The van der Waals surface area contributed by atoms with E-state index in [0.29, 0.717) is 21.9 Å². The Labute approximate surface area is 203 Å². The van der Waals surface area contributed by atoms with E-state index in [4.69, 9.17) is 36.2 Å². The number of ether oxygens (including phenoxy) is 1. The standard InChI is InChI=1S/C21H26ClN7O.C2H4O2/c1-3-23-18-15(22)14(4-8-24-18)16-17-19(28-27-16)26-20(13(2)25-17)29-9-5-21(6-10-29)7-11-30-12-21;1-2(3)4/h4,8H,3,5-7,9-12H2,1-2H3,(H,23,24)(H,26,27,28);1H3,(H,3,4). The molecule has 1 spiro atoms. The summed E-state index contributed by atoms with van der Waals surface area (Å²) in [4.78, 5) is 25.4. The van der Waals surface area contributed by atoms with Crippen LogP contribution in [-0.2, 0) is 9.53 Å². The van der Waals surface area contributed by atoms with Crippen molar-refractivity contribution in [2.45, 2.75) is 40.0 Å². The number of carboxylic acids is 1. The third kappa shape index (κ3) is 4.92. The van der Waals surface area contributed by atoms with Crippen molar-refractivity contribution in [2.75, 3.05) is 43.1 Å². The normalized spacial score (nSPS) is 17.0. The zero-order valence-electron chi connectivity index (χ0n) is 19.7. The van der Waals surface area contributed by atoms with Crippen LogP contribution in [-0.4, -0.2) is 69.1 Å². The second kappa shape index (κ2) is 10.1. The molecule has 11 heteroatoms. The van der Waals surface area contributed by atoms with Gasteiger partial charge in [0, 0.05) is 44.9 Å². The number of carboxylic acid groups (broad SMARTS) is 1. The number of halogens is 1. The fourth-order valence-corrected chi connectivity index (χ4v) is 4.83. The van der Waals surface area contributed by atoms with Crippen LogP contribution in [0.1, 0.15) is 38.8 Å². The van der Waals surface area contributed by atoms with E-state index < -0.39 is 5.97 Å². The highest BCUT2D eigenvalue weighted by atomic mass is 35.5. The number of piperidine rings is 1. The van der Waals surface area contributed by atoms with E-state index in [0.717, 1.165) is 80.9 Å². The van der Waals surface area contributed by atoms with Gasteiger partial charge in [0.1, 0.15) is 11.3 Å². The molecule has 0 bridgehead atoms. The number of nitrogens with zero attached hydrogens (tertiary/aromatic N) is 5. The van der Waals surface area contributed by atoms with Gasteiger partial charge < -0.3 is 20.1 Å². The van der Waals surface area contributed by atoms with Gasteiger partial charge in [-0.3, -0.25) is 9.89 Å². The van der Waals surface area contributed by atoms with Crippen molar-refractivity contribution in [3.05, 3.63) is 23.0 Å². The highest BCUT2D eigenvalue weighted by molar-refractivity contribution is 6.35. The largest absolute Gasteiger partial charge is 0.481 e. The van der Waals surface area contributed by atoms with Crippen molar-refractivity contribution in [1.82, 2.24) is 25.1 Å². The molecule has 2 aliphatic rings. The van der Waals surface area contributed by atoms with Gasteiger partial charge in [0.15, 0.2) is 5.82 Å². The van der Waals surface area contributed by atoms with Crippen LogP contribution in [0.15, 0.2) is 12.3 Å². The lowest BCUT2D eigenvalue weighted by atomic mass is 9.78. The molecule has 5 rings (SSSR count). The predicted octanol–water partition coefficient (Wildman–Crippen LogP) is 3.91. The molecular weight excluding hydrogens is 458 g/mol. The number of pyridine rings is 1. The number of aromatic amines is 1. The van der Waals surface area contributed by atoms with Crippen LogP contribution in [0.4, 0.5) is 11.6 Å². The maximum atomic E-state index is 9.00. The maximum Gasteiger partial charge on any atom is 0.300 e. The Morgan fingerprint density at radius 3 is 2.71 bits per heavy atom. The van der Waals surface area contributed by atoms with Gasteiger partial charge in [-0.25, -0.2) is 15.0 Å². The van der Waals surface area contributed by atoms with E-state index in [-0.39, 0.29) is 0 Å². The third-order valence-corrected chi connectivity index (χ3v) is 6.73. The Hall–Kier alpha value is -2.98. The molecule has 5 heterocycles. The highest BCUT2D eigenvalue weighted by Crippen LogP contribution is 2.40. The van der Waals surface area contributed by atoms with Crippen molar-refractivity contribution < 1.29 is 14.6 Å². The van der Waals surface area contributed by atoms with Crippen molar-refractivity contribution in [2.24, 2.45) is 5.41 Å². The Bertz CT molecular complexity index is 1160. The van der Waals surface area contributed by atoms with E-state index in [2.05, 4.69) is 25.4 Å². The topological polar surface area (TPSA) is 129 Å². The summed E-state index contributed by atoms with van der Waals surface area (Å²) in [6.45, 7) is 9.59. The second-order valence-corrected chi connectivity index (χ2v) is 9.14. The Morgan fingerprint density at radius 2 is 2.06 bits per heavy atom. The minimum atomic E-state index is -0.833. The smallest absolute Gasteiger partial charge is 0.300 e. The van der Waals surface area contributed by atoms with Crippen molar-refractivity contribution in [1.29, 1.82) is 0 Å². The number of carbonyl (C=O) groups is 1. The summed E-state index contributed by atoms with van der Waals surface area (Å²) >= 11 is 6.59. The zero-order valence-corrected chi connectivity index (χ0v) is 20.4. The van der Waals surface area contributed by atoms with Gasteiger partial charge in [-0.2, -0.15) is 5.10 Å². The number of hydrogen-bond acceptors (Lipinski definition) is 8. The second-order valence-electron chi connectivity index (χ2n) is 8.76. The van der Waals surface area contributed by atoms with Crippen LogP contribution in [0.3, 0.4) is 0 Å². The first kappa shape index (κ1) is 24.2. The molecule has 34 heavy (non-hydrogen) atoms. The molecule has 0 amide bonds. The van der Waals surface area contributed by atoms with E-state index >= 15 is 0 Å². The Kier molecular flexibility index (Phi) is 7.18. The predicted molar refractivity (Wildman–Crippen MR) is 131 cm³/mol. The van der Waals surface area contributed by atoms with Gasteiger partial charge >= 0.3 is 0 Å². The molecule has 182 valence electrons. The summed E-state index contributed by atoms with van der Waals surface area (Å²) in [5.74, 6) is 0.738. The van der Waals surface area contributed by atoms with Crippen molar-refractivity contribution >= 4 is 40.4 Å². The molecule has 0 saturated carbocycles. The van der Waals surface area contributed by atoms with Crippen LogP contribution in [0, 0.1) is 12.3 Å². The quantitative estimate of drug-likeness (QED) is 0.501. The number of hydrogen-bond donors (Lipinski definition) is 3. The Balaban J connectivity index is 0.000000636. The molecular formula is C23H30ClN7O3. The van der Waals surface area contributed by atoms with E-state index in [1.165, 1.54) is 6.42 Å². The fraction of sp³-hybridized carbons (Fsp3) is 0.522. The van der Waals surface area contributed by atoms with E-state index in [1.54, 1.807) is 6.20 Å². The van der Waals surface area contributed by atoms with Crippen LogP contribution >= 0.6 is 11.6 Å². The Morgan fingerprint density at radius 1 is 1.32 bits per heavy atom. The van der Waals surface area contributed by atoms with E-state index in [1.807, 2.05) is 19.9 Å². The summed E-state index contributed by atoms with van der Waals surface area (Å²) in [6, 6.07) is 1.87. The molecule has 3 aromatic heterocycles. The highest BCUT2D eigenvalue weighted by Gasteiger charge is 2.38. The van der Waals surface area contributed by atoms with Gasteiger partial charge in [-0.1, -0.05) is 11.6 Å². The monoisotopic (exact) mass is 487 g/mol. The summed E-state index contributed by atoms with van der Waals surface area (Å²) in [7, 11) is 0. The SMILES string of the molecule is CC(=O)O.CCNc1nccc(-c2[nH]nc3nc(N4CCC5(CCOC5)CC4)c(C)nc23)c1Cl. The molecule has 3 N–H and O–H groups in total. The van der Waals surface area contributed by atoms with Gasteiger partial charge in [-0.15, -0.1) is 0 Å². The molecule has 2 aliphatic heterocycles. The average molecular weight is 488 g/mol. The first-order valence-electron chi connectivity index (χ1n) is 11.5. The van der Waals surface area contributed by atoms with Gasteiger partial charge in [0.05, 0.1) is 23.0 Å². The molecule has 0 atom stereocenters. The van der Waals surface area contributed by atoms with Crippen LogP contribution in [0.25, 0.3) is 22.4 Å². The molecule has 0 aromatic carbocycles. The number of fused-ring (bicyclic) bond motifs is 1. The maximum absolute atomic E-state index is 9.00. The number of aromatic nitrogens is 5.